The van der Waals surface area contributed by atoms with Crippen LogP contribution in [0.1, 0.15) is 23.5 Å². The number of methoxy groups -OCH3 is 1. The van der Waals surface area contributed by atoms with Crippen LogP contribution in [0.4, 0.5) is 4.39 Å². The maximum absolute atomic E-state index is 13.1. The number of halogens is 1. The highest BCUT2D eigenvalue weighted by Crippen LogP contribution is 2.41. The fourth-order valence-corrected chi connectivity index (χ4v) is 4.44. The molecule has 1 saturated heterocycles. The zero-order valence-corrected chi connectivity index (χ0v) is 16.7. The first-order valence-corrected chi connectivity index (χ1v) is 10.1. The quantitative estimate of drug-likeness (QED) is 0.455. The van der Waals surface area contributed by atoms with Gasteiger partial charge in [-0.15, -0.1) is 0 Å². The van der Waals surface area contributed by atoms with E-state index in [2.05, 4.69) is 6.07 Å². The van der Waals surface area contributed by atoms with Gasteiger partial charge in [0.25, 0.3) is 0 Å². The number of carbonyl (C=O) groups is 1. The van der Waals surface area contributed by atoms with E-state index in [1.807, 2.05) is 35.2 Å². The highest BCUT2D eigenvalue weighted by molar-refractivity contribution is 6.09. The summed E-state index contributed by atoms with van der Waals surface area (Å²) in [7, 11) is 1.64. The highest BCUT2D eigenvalue weighted by atomic mass is 19.1. The van der Waals surface area contributed by atoms with E-state index in [-0.39, 0.29) is 17.6 Å². The van der Waals surface area contributed by atoms with Gasteiger partial charge in [0.2, 0.25) is 5.91 Å². The fourth-order valence-electron chi connectivity index (χ4n) is 4.44. The van der Waals surface area contributed by atoms with E-state index in [1.54, 1.807) is 19.2 Å². The number of para-hydroxylation sites is 1. The minimum Gasteiger partial charge on any atom is -0.493 e. The van der Waals surface area contributed by atoms with Crippen LogP contribution in [0.5, 0.6) is 5.75 Å². The van der Waals surface area contributed by atoms with Crippen LogP contribution >= 0.6 is 0 Å². The summed E-state index contributed by atoms with van der Waals surface area (Å²) in [5.74, 6) is 0.702. The van der Waals surface area contributed by atoms with E-state index < -0.39 is 0 Å². The first-order chi connectivity index (χ1) is 14.6. The smallest absolute Gasteiger partial charge is 0.223 e. The molecule has 1 aromatic heterocycles. The Hall–Kier alpha value is -3.34. The lowest BCUT2D eigenvalue weighted by atomic mass is 9.93. The largest absolute Gasteiger partial charge is 0.493 e. The van der Waals surface area contributed by atoms with Gasteiger partial charge in [-0.2, -0.15) is 0 Å². The van der Waals surface area contributed by atoms with Crippen molar-refractivity contribution in [3.63, 3.8) is 0 Å². The average molecular weight is 403 g/mol. The van der Waals surface area contributed by atoms with Crippen LogP contribution in [0, 0.1) is 5.82 Å². The van der Waals surface area contributed by atoms with Crippen LogP contribution in [0.2, 0.25) is 0 Å². The van der Waals surface area contributed by atoms with Gasteiger partial charge in [0, 0.05) is 36.2 Å². The molecule has 0 spiro atoms. The van der Waals surface area contributed by atoms with Crippen molar-refractivity contribution in [3.05, 3.63) is 77.6 Å². The van der Waals surface area contributed by atoms with Gasteiger partial charge in [0.15, 0.2) is 11.3 Å². The third-order valence-electron chi connectivity index (χ3n) is 5.98. The normalized spacial score (nSPS) is 16.7. The molecular weight excluding hydrogens is 381 g/mol. The highest BCUT2D eigenvalue weighted by Gasteiger charge is 2.32. The molecule has 0 bridgehead atoms. The Labute approximate surface area is 173 Å². The standard InChI is InChI=1S/C25H22FNO3/c1-29-22-11-10-19(24-20-4-2-3-5-21(20)30-25(22)24)17-14-23(28)27(15-17)13-12-16-6-8-18(26)9-7-16/h2-11,17H,12-15H2,1H3. The summed E-state index contributed by atoms with van der Waals surface area (Å²) < 4.78 is 24.7. The number of furan rings is 1. The van der Waals surface area contributed by atoms with E-state index >= 15 is 0 Å². The summed E-state index contributed by atoms with van der Waals surface area (Å²) in [4.78, 5) is 14.6. The first-order valence-electron chi connectivity index (χ1n) is 10.1. The Morgan fingerprint density at radius 1 is 1.10 bits per heavy atom. The van der Waals surface area contributed by atoms with Crippen molar-refractivity contribution in [2.75, 3.05) is 20.2 Å². The van der Waals surface area contributed by atoms with Crippen molar-refractivity contribution in [1.82, 2.24) is 4.90 Å². The molecule has 152 valence electrons. The third kappa shape index (κ3) is 3.20. The summed E-state index contributed by atoms with van der Waals surface area (Å²) >= 11 is 0. The average Bonchev–Trinajstić information content (AvgIpc) is 3.33. The topological polar surface area (TPSA) is 42.7 Å². The Bertz CT molecular complexity index is 1230. The molecule has 5 rings (SSSR count). The number of rotatable bonds is 5. The zero-order chi connectivity index (χ0) is 20.7. The number of carbonyl (C=O) groups excluding carboxylic acids is 1. The van der Waals surface area contributed by atoms with Crippen molar-refractivity contribution in [2.45, 2.75) is 18.8 Å². The van der Waals surface area contributed by atoms with E-state index in [0.29, 0.717) is 31.7 Å². The summed E-state index contributed by atoms with van der Waals surface area (Å²) in [5.41, 5.74) is 3.69. The van der Waals surface area contributed by atoms with Gasteiger partial charge >= 0.3 is 0 Å². The summed E-state index contributed by atoms with van der Waals surface area (Å²) in [5, 5.41) is 2.07. The van der Waals surface area contributed by atoms with E-state index in [0.717, 1.165) is 33.1 Å². The molecule has 5 heteroatoms. The van der Waals surface area contributed by atoms with Gasteiger partial charge in [-0.05, 0) is 41.8 Å². The Morgan fingerprint density at radius 3 is 2.70 bits per heavy atom. The lowest BCUT2D eigenvalue weighted by Gasteiger charge is -2.17. The molecule has 1 aliphatic heterocycles. The molecule has 30 heavy (non-hydrogen) atoms. The molecule has 4 aromatic rings. The Balaban J connectivity index is 1.44. The van der Waals surface area contributed by atoms with E-state index in [1.165, 1.54) is 12.1 Å². The minimum atomic E-state index is -0.244. The van der Waals surface area contributed by atoms with Crippen LogP contribution < -0.4 is 4.74 Å². The second-order valence-corrected chi connectivity index (χ2v) is 7.78. The Kier molecular flexibility index (Phi) is 4.66. The predicted octanol–water partition coefficient (Wildman–Crippen LogP) is 5.29. The first kappa shape index (κ1) is 18.7. The number of hydrogen-bond acceptors (Lipinski definition) is 3. The predicted molar refractivity (Wildman–Crippen MR) is 114 cm³/mol. The zero-order valence-electron chi connectivity index (χ0n) is 16.7. The molecule has 1 aliphatic rings. The maximum atomic E-state index is 13.1. The number of benzene rings is 3. The molecule has 3 aromatic carbocycles. The van der Waals surface area contributed by atoms with E-state index in [4.69, 9.17) is 9.15 Å². The lowest BCUT2D eigenvalue weighted by molar-refractivity contribution is -0.127. The van der Waals surface area contributed by atoms with Crippen molar-refractivity contribution >= 4 is 27.8 Å². The summed E-state index contributed by atoms with van der Waals surface area (Å²) in [6, 6.07) is 18.4. The molecule has 2 heterocycles. The fraction of sp³-hybridized carbons (Fsp3) is 0.240. The number of hydrogen-bond donors (Lipinski definition) is 0. The molecule has 1 fully saturated rings. The second-order valence-electron chi connectivity index (χ2n) is 7.78. The van der Waals surface area contributed by atoms with Crippen molar-refractivity contribution in [3.8, 4) is 5.75 Å². The lowest BCUT2D eigenvalue weighted by Crippen LogP contribution is -2.27. The van der Waals surface area contributed by atoms with Crippen molar-refractivity contribution < 1.29 is 18.3 Å². The van der Waals surface area contributed by atoms with Crippen molar-refractivity contribution in [1.29, 1.82) is 0 Å². The van der Waals surface area contributed by atoms with Crippen LogP contribution in [0.3, 0.4) is 0 Å². The second kappa shape index (κ2) is 7.48. The molecule has 0 aliphatic carbocycles. The number of likely N-dealkylation sites (tertiary alicyclic amines) is 1. The van der Waals surface area contributed by atoms with Gasteiger partial charge < -0.3 is 14.1 Å². The summed E-state index contributed by atoms with van der Waals surface area (Å²) in [6.07, 6.45) is 1.19. The molecule has 0 N–H and O–H groups in total. The third-order valence-corrected chi connectivity index (χ3v) is 5.98. The van der Waals surface area contributed by atoms with Gasteiger partial charge in [0.1, 0.15) is 11.4 Å². The monoisotopic (exact) mass is 403 g/mol. The van der Waals surface area contributed by atoms with Crippen molar-refractivity contribution in [2.24, 2.45) is 0 Å². The Morgan fingerprint density at radius 2 is 1.90 bits per heavy atom. The van der Waals surface area contributed by atoms with Gasteiger partial charge in [-0.1, -0.05) is 36.4 Å². The van der Waals surface area contributed by atoms with E-state index in [9.17, 15) is 9.18 Å². The minimum absolute atomic E-state index is 0.0973. The van der Waals surface area contributed by atoms with Crippen LogP contribution in [-0.4, -0.2) is 31.0 Å². The summed E-state index contributed by atoms with van der Waals surface area (Å²) in [6.45, 7) is 1.30. The van der Waals surface area contributed by atoms with Crippen LogP contribution in [0.25, 0.3) is 21.9 Å². The van der Waals surface area contributed by atoms with Gasteiger partial charge in [0.05, 0.1) is 7.11 Å². The molecule has 1 unspecified atom stereocenters. The molecule has 1 amide bonds. The molecular formula is C25H22FNO3. The van der Waals surface area contributed by atoms with Gasteiger partial charge in [-0.25, -0.2) is 4.39 Å². The number of ether oxygens (including phenoxy) is 1. The number of nitrogens with zero attached hydrogens (tertiary/aromatic N) is 1. The van der Waals surface area contributed by atoms with Crippen LogP contribution in [0.15, 0.2) is 65.1 Å². The molecule has 4 nitrogen and oxygen atoms in total. The molecule has 1 atom stereocenters. The molecule has 0 saturated carbocycles. The van der Waals surface area contributed by atoms with Crippen LogP contribution in [-0.2, 0) is 11.2 Å². The van der Waals surface area contributed by atoms with Gasteiger partial charge in [-0.3, -0.25) is 4.79 Å². The number of fused-ring (bicyclic) bond motifs is 3. The number of amides is 1. The SMILES string of the molecule is COc1ccc(C2CC(=O)N(CCc3ccc(F)cc3)C2)c2c1oc1ccccc12. The maximum Gasteiger partial charge on any atom is 0.223 e. The molecule has 0 radical (unpaired) electrons.